The lowest BCUT2D eigenvalue weighted by atomic mass is 9.92. The van der Waals surface area contributed by atoms with Crippen molar-refractivity contribution in [1.29, 1.82) is 0 Å². The van der Waals surface area contributed by atoms with E-state index >= 15 is 0 Å². The lowest BCUT2D eigenvalue weighted by Crippen LogP contribution is -1.98. The van der Waals surface area contributed by atoms with E-state index in [4.69, 9.17) is 4.98 Å². The van der Waals surface area contributed by atoms with E-state index in [-0.39, 0.29) is 0 Å². The molecule has 0 saturated heterocycles. The maximum Gasteiger partial charge on any atom is 0.0997 e. The van der Waals surface area contributed by atoms with Gasteiger partial charge in [0.1, 0.15) is 0 Å². The Labute approximate surface area is 330 Å². The average Bonchev–Trinajstić information content (AvgIpc) is 4.01. The van der Waals surface area contributed by atoms with E-state index in [9.17, 15) is 0 Å². The second-order valence-electron chi connectivity index (χ2n) is 15.1. The predicted octanol–water partition coefficient (Wildman–Crippen LogP) is 14.8. The van der Waals surface area contributed by atoms with Gasteiger partial charge in [0.25, 0.3) is 0 Å². The highest BCUT2D eigenvalue weighted by Crippen LogP contribution is 2.50. The molecule has 13 aromatic rings. The summed E-state index contributed by atoms with van der Waals surface area (Å²) in [5, 5.41) is 17.8. The smallest absolute Gasteiger partial charge is 0.0997 e. The van der Waals surface area contributed by atoms with Crippen molar-refractivity contribution >= 4 is 107 Å². The molecule has 57 heavy (non-hydrogen) atoms. The van der Waals surface area contributed by atoms with Gasteiger partial charge in [-0.25, -0.2) is 4.98 Å². The SMILES string of the molecule is c1ccc(-n2cncc2-c2cc3c4ccccc4ccc3c3cc(-n4c5ccccc5c5c6c7ccc8ccccc8c7sc6c6ccccc6c54)ccc23)cc1. The molecule has 3 aromatic heterocycles. The summed E-state index contributed by atoms with van der Waals surface area (Å²) in [6.07, 6.45) is 3.93. The normalized spacial score (nSPS) is 12.2. The van der Waals surface area contributed by atoms with E-state index in [1.165, 1.54) is 95.8 Å². The molecule has 13 rings (SSSR count). The van der Waals surface area contributed by atoms with E-state index in [1.54, 1.807) is 0 Å². The van der Waals surface area contributed by atoms with Gasteiger partial charge < -0.3 is 4.57 Å². The van der Waals surface area contributed by atoms with Crippen molar-refractivity contribution in [3.8, 4) is 22.6 Å². The summed E-state index contributed by atoms with van der Waals surface area (Å²) in [6.45, 7) is 0. The minimum absolute atomic E-state index is 1.07. The number of benzene rings is 10. The highest BCUT2D eigenvalue weighted by Gasteiger charge is 2.23. The van der Waals surface area contributed by atoms with Crippen LogP contribution in [0.5, 0.6) is 0 Å². The quantitative estimate of drug-likeness (QED) is 0.165. The summed E-state index contributed by atoms with van der Waals surface area (Å²) < 4.78 is 7.44. The Bertz CT molecular complexity index is 3810. The average molecular weight is 742 g/mol. The highest BCUT2D eigenvalue weighted by molar-refractivity contribution is 7.27. The summed E-state index contributed by atoms with van der Waals surface area (Å²) >= 11 is 1.94. The fraction of sp³-hybridized carbons (Fsp3) is 0. The zero-order valence-corrected chi connectivity index (χ0v) is 31.5. The number of imidazole rings is 1. The fourth-order valence-corrected chi connectivity index (χ4v) is 11.1. The molecule has 0 unspecified atom stereocenters. The van der Waals surface area contributed by atoms with Crippen LogP contribution in [0.25, 0.3) is 118 Å². The molecule has 3 heterocycles. The third kappa shape index (κ3) is 4.28. The molecule has 0 aliphatic heterocycles. The van der Waals surface area contributed by atoms with Crippen molar-refractivity contribution in [2.24, 2.45) is 0 Å². The van der Waals surface area contributed by atoms with Crippen LogP contribution >= 0.6 is 11.3 Å². The number of hydrogen-bond acceptors (Lipinski definition) is 2. The Kier molecular flexibility index (Phi) is 6.32. The topological polar surface area (TPSA) is 22.8 Å². The lowest BCUT2D eigenvalue weighted by Gasteiger charge is -2.17. The van der Waals surface area contributed by atoms with E-state index in [1.807, 2.05) is 23.9 Å². The van der Waals surface area contributed by atoms with Crippen LogP contribution in [-0.4, -0.2) is 14.1 Å². The largest absolute Gasteiger partial charge is 0.309 e. The number of para-hydroxylation sites is 2. The van der Waals surface area contributed by atoms with E-state index in [2.05, 4.69) is 185 Å². The molecule has 0 fully saturated rings. The molecule has 10 aromatic carbocycles. The number of nitrogens with zero attached hydrogens (tertiary/aromatic N) is 3. The molecule has 4 heteroatoms. The summed E-state index contributed by atoms with van der Waals surface area (Å²) in [5.74, 6) is 0. The van der Waals surface area contributed by atoms with Gasteiger partial charge in [0, 0.05) is 58.7 Å². The zero-order chi connectivity index (χ0) is 37.2. The van der Waals surface area contributed by atoms with Crippen molar-refractivity contribution in [2.45, 2.75) is 0 Å². The van der Waals surface area contributed by atoms with Crippen molar-refractivity contribution < 1.29 is 0 Å². The van der Waals surface area contributed by atoms with Gasteiger partial charge in [-0.2, -0.15) is 0 Å². The summed E-state index contributed by atoms with van der Waals surface area (Å²) in [5.41, 5.74) is 6.91. The Morgan fingerprint density at radius 3 is 1.89 bits per heavy atom. The molecule has 0 atom stereocenters. The van der Waals surface area contributed by atoms with Gasteiger partial charge >= 0.3 is 0 Å². The number of rotatable bonds is 3. The zero-order valence-electron chi connectivity index (χ0n) is 30.6. The molecule has 264 valence electrons. The minimum atomic E-state index is 1.07. The van der Waals surface area contributed by atoms with Crippen LogP contribution in [0.4, 0.5) is 0 Å². The first-order valence-corrected chi connectivity index (χ1v) is 20.3. The third-order valence-electron chi connectivity index (χ3n) is 12.2. The minimum Gasteiger partial charge on any atom is -0.309 e. The molecule has 0 aliphatic rings. The molecule has 0 spiro atoms. The third-order valence-corrected chi connectivity index (χ3v) is 13.5. The summed E-state index contributed by atoms with van der Waals surface area (Å²) in [6, 6.07) is 64.8. The Balaban J connectivity index is 1.18. The summed E-state index contributed by atoms with van der Waals surface area (Å²) in [7, 11) is 0. The first-order valence-electron chi connectivity index (χ1n) is 19.4. The van der Waals surface area contributed by atoms with Crippen LogP contribution in [0.15, 0.2) is 188 Å². The first-order chi connectivity index (χ1) is 28.3. The fourth-order valence-electron chi connectivity index (χ4n) is 9.70. The molecule has 0 radical (unpaired) electrons. The molecule has 0 aliphatic carbocycles. The van der Waals surface area contributed by atoms with Crippen molar-refractivity contribution in [3.05, 3.63) is 188 Å². The van der Waals surface area contributed by atoms with Gasteiger partial charge in [-0.3, -0.25) is 4.57 Å². The van der Waals surface area contributed by atoms with Crippen LogP contribution in [0.3, 0.4) is 0 Å². The number of hydrogen-bond donors (Lipinski definition) is 0. The van der Waals surface area contributed by atoms with Gasteiger partial charge in [-0.1, -0.05) is 140 Å². The monoisotopic (exact) mass is 741 g/mol. The number of aromatic nitrogens is 3. The Hall–Kier alpha value is -7.27. The van der Waals surface area contributed by atoms with E-state index in [0.29, 0.717) is 0 Å². The molecule has 0 N–H and O–H groups in total. The van der Waals surface area contributed by atoms with Gasteiger partial charge in [0.15, 0.2) is 0 Å². The van der Waals surface area contributed by atoms with Gasteiger partial charge in [0.05, 0.1) is 29.3 Å². The van der Waals surface area contributed by atoms with Crippen molar-refractivity contribution in [2.75, 3.05) is 0 Å². The first kappa shape index (κ1) is 31.0. The molecule has 3 nitrogen and oxygen atoms in total. The number of thiophene rings is 1. The van der Waals surface area contributed by atoms with Crippen LogP contribution in [0.1, 0.15) is 0 Å². The molecule has 0 bridgehead atoms. The maximum atomic E-state index is 4.70. The second kappa shape index (κ2) is 11.6. The standard InChI is InChI=1S/C53H31N3S/c1-2-14-34(15-3-1)55-31-54-30-48(55)46-29-45-36-16-6-4-12-32(36)22-25-38(45)44-28-35(24-27-39(44)46)56-47-21-11-10-20-42(47)49-50-43-26-23-33-13-5-7-17-37(33)52(43)57-53(50)41-19-9-8-18-40(41)51(49)56/h1-31H. The summed E-state index contributed by atoms with van der Waals surface area (Å²) in [4.78, 5) is 4.70. The van der Waals surface area contributed by atoms with Gasteiger partial charge in [-0.05, 0) is 79.5 Å². The highest BCUT2D eigenvalue weighted by atomic mass is 32.1. The molecule has 0 amide bonds. The molecular formula is C53H31N3S. The van der Waals surface area contributed by atoms with Crippen LogP contribution in [0, 0.1) is 0 Å². The Morgan fingerprint density at radius 2 is 1.05 bits per heavy atom. The van der Waals surface area contributed by atoms with Gasteiger partial charge in [-0.15, -0.1) is 11.3 Å². The number of fused-ring (bicyclic) bond motifs is 17. The van der Waals surface area contributed by atoms with E-state index in [0.717, 1.165) is 22.6 Å². The van der Waals surface area contributed by atoms with Crippen LogP contribution < -0.4 is 0 Å². The van der Waals surface area contributed by atoms with Crippen molar-refractivity contribution in [1.82, 2.24) is 14.1 Å². The molecular weight excluding hydrogens is 711 g/mol. The maximum absolute atomic E-state index is 4.70. The van der Waals surface area contributed by atoms with E-state index < -0.39 is 0 Å². The lowest BCUT2D eigenvalue weighted by molar-refractivity contribution is 1.06. The van der Waals surface area contributed by atoms with Gasteiger partial charge in [0.2, 0.25) is 0 Å². The predicted molar refractivity (Wildman–Crippen MR) is 244 cm³/mol. The van der Waals surface area contributed by atoms with Crippen molar-refractivity contribution in [3.63, 3.8) is 0 Å². The second-order valence-corrected chi connectivity index (χ2v) is 16.1. The molecule has 0 saturated carbocycles. The van der Waals surface area contributed by atoms with Crippen LogP contribution in [0.2, 0.25) is 0 Å². The Morgan fingerprint density at radius 1 is 0.404 bits per heavy atom. The van der Waals surface area contributed by atoms with Crippen LogP contribution in [-0.2, 0) is 0 Å².